The van der Waals surface area contributed by atoms with Gasteiger partial charge in [-0.05, 0) is 79.3 Å². The minimum atomic E-state index is -0.565. The molecule has 2 aromatic carbocycles. The molecule has 6 nitrogen and oxygen atoms in total. The third-order valence-electron chi connectivity index (χ3n) is 6.58. The van der Waals surface area contributed by atoms with Gasteiger partial charge in [0.25, 0.3) is 0 Å². The zero-order valence-corrected chi connectivity index (χ0v) is 19.5. The van der Waals surface area contributed by atoms with Crippen LogP contribution >= 0.6 is 11.6 Å². The summed E-state index contributed by atoms with van der Waals surface area (Å²) in [5, 5.41) is 17.6. The Bertz CT molecular complexity index is 1250. The summed E-state index contributed by atoms with van der Waals surface area (Å²) in [4.78, 5) is 10.2. The number of H-pyrrole nitrogens is 1. The van der Waals surface area contributed by atoms with Crippen molar-refractivity contribution in [1.82, 2.24) is 20.2 Å². The molecule has 2 aromatic heterocycles. The summed E-state index contributed by atoms with van der Waals surface area (Å²) < 4.78 is 5.36. The molecule has 1 aliphatic heterocycles. The van der Waals surface area contributed by atoms with Gasteiger partial charge in [0.2, 0.25) is 0 Å². The number of benzene rings is 2. The lowest BCUT2D eigenvalue weighted by molar-refractivity contribution is 0.0948. The molecule has 0 unspecified atom stereocenters. The van der Waals surface area contributed by atoms with Gasteiger partial charge in [-0.3, -0.25) is 4.98 Å². The number of aromatic amines is 1. The van der Waals surface area contributed by atoms with Gasteiger partial charge >= 0.3 is 0 Å². The summed E-state index contributed by atoms with van der Waals surface area (Å²) in [6.45, 7) is 3.35. The fourth-order valence-electron chi connectivity index (χ4n) is 4.74. The molecule has 1 saturated heterocycles. The number of likely N-dealkylation sites (tertiary alicyclic amines) is 1. The SMILES string of the molecule is COc1ccc2nccc([C@@H](O)CN3CCC(NCc4cc5ccc(Cl)cc5[nH]4)CC3)c2c1. The van der Waals surface area contributed by atoms with E-state index in [0.717, 1.165) is 65.2 Å². The highest BCUT2D eigenvalue weighted by molar-refractivity contribution is 6.31. The molecule has 3 N–H and O–H groups in total. The van der Waals surface area contributed by atoms with Crippen molar-refractivity contribution in [2.24, 2.45) is 0 Å². The van der Waals surface area contributed by atoms with Crippen molar-refractivity contribution in [3.63, 3.8) is 0 Å². The van der Waals surface area contributed by atoms with Crippen LogP contribution in [0, 0.1) is 0 Å². The Morgan fingerprint density at radius 2 is 2.03 bits per heavy atom. The second-order valence-corrected chi connectivity index (χ2v) is 9.22. The number of hydrogen-bond acceptors (Lipinski definition) is 5. The van der Waals surface area contributed by atoms with E-state index < -0.39 is 6.10 Å². The number of aromatic nitrogens is 2. The number of nitrogens with one attached hydrogen (secondary N) is 2. The first-order valence-electron chi connectivity index (χ1n) is 11.4. The molecule has 0 spiro atoms. The molecule has 0 radical (unpaired) electrons. The minimum absolute atomic E-state index is 0.472. The van der Waals surface area contributed by atoms with Crippen LogP contribution in [0.5, 0.6) is 5.75 Å². The highest BCUT2D eigenvalue weighted by atomic mass is 35.5. The Labute approximate surface area is 198 Å². The average molecular weight is 465 g/mol. The number of piperidine rings is 1. The molecule has 0 aliphatic carbocycles. The predicted molar refractivity (Wildman–Crippen MR) is 133 cm³/mol. The molecular formula is C26H29ClN4O2. The number of rotatable bonds is 7. The lowest BCUT2D eigenvalue weighted by Crippen LogP contribution is -2.43. The second-order valence-electron chi connectivity index (χ2n) is 8.78. The van der Waals surface area contributed by atoms with E-state index in [-0.39, 0.29) is 0 Å². The quantitative estimate of drug-likeness (QED) is 0.371. The first kappa shape index (κ1) is 22.2. The molecule has 1 fully saturated rings. The monoisotopic (exact) mass is 464 g/mol. The maximum Gasteiger partial charge on any atom is 0.119 e. The topological polar surface area (TPSA) is 73.4 Å². The van der Waals surface area contributed by atoms with Gasteiger partial charge in [-0.1, -0.05) is 17.7 Å². The summed E-state index contributed by atoms with van der Waals surface area (Å²) in [5.41, 5.74) is 4.02. The van der Waals surface area contributed by atoms with Crippen molar-refractivity contribution in [3.8, 4) is 5.75 Å². The van der Waals surface area contributed by atoms with E-state index in [1.54, 1.807) is 13.3 Å². The van der Waals surface area contributed by atoms with Gasteiger partial charge in [-0.25, -0.2) is 0 Å². The number of β-amino-alcohol motifs (C(OH)–C–C–N with tert-alkyl or cyclic N) is 1. The van der Waals surface area contributed by atoms with Gasteiger partial charge in [0.15, 0.2) is 0 Å². The van der Waals surface area contributed by atoms with Gasteiger partial charge < -0.3 is 25.0 Å². The number of hydrogen-bond donors (Lipinski definition) is 3. The molecular weight excluding hydrogens is 436 g/mol. The molecule has 0 bridgehead atoms. The third kappa shape index (κ3) is 4.99. The number of aliphatic hydroxyl groups is 1. The van der Waals surface area contributed by atoms with Crippen LogP contribution < -0.4 is 10.1 Å². The average Bonchev–Trinajstić information content (AvgIpc) is 3.24. The number of aliphatic hydroxyl groups excluding tert-OH is 1. The number of methoxy groups -OCH3 is 1. The number of fused-ring (bicyclic) bond motifs is 2. The molecule has 4 aromatic rings. The molecule has 7 heteroatoms. The Morgan fingerprint density at radius 3 is 2.85 bits per heavy atom. The van der Waals surface area contributed by atoms with Crippen LogP contribution in [0.3, 0.4) is 0 Å². The van der Waals surface area contributed by atoms with E-state index in [1.165, 1.54) is 11.1 Å². The number of nitrogens with zero attached hydrogens (tertiary/aromatic N) is 2. The molecule has 1 atom stereocenters. The number of halogens is 1. The second kappa shape index (κ2) is 9.69. The van der Waals surface area contributed by atoms with Crippen LogP contribution in [-0.2, 0) is 6.54 Å². The summed E-state index contributed by atoms with van der Waals surface area (Å²) >= 11 is 6.09. The van der Waals surface area contributed by atoms with E-state index in [0.29, 0.717) is 12.6 Å². The first-order valence-corrected chi connectivity index (χ1v) is 11.8. The standard InChI is InChI=1S/C26H29ClN4O2/c1-33-21-4-5-24-23(14-21)22(6-9-28-24)26(32)16-31-10-7-19(8-11-31)29-15-20-12-17-2-3-18(27)13-25(17)30-20/h2-6,9,12-14,19,26,29-30,32H,7-8,10-11,15-16H2,1H3/t26-/m0/s1. The van der Waals surface area contributed by atoms with Crippen LogP contribution in [0.15, 0.2) is 54.7 Å². The van der Waals surface area contributed by atoms with Gasteiger partial charge in [0.1, 0.15) is 5.75 Å². The first-order chi connectivity index (χ1) is 16.1. The zero-order valence-electron chi connectivity index (χ0n) is 18.7. The van der Waals surface area contributed by atoms with Gasteiger partial charge in [-0.2, -0.15) is 0 Å². The van der Waals surface area contributed by atoms with E-state index in [1.807, 2.05) is 42.5 Å². The Balaban J connectivity index is 1.15. The Hall–Kier alpha value is -2.64. The summed E-state index contributed by atoms with van der Waals surface area (Å²) in [5.74, 6) is 0.772. The number of pyridine rings is 1. The maximum atomic E-state index is 11.0. The lowest BCUT2D eigenvalue weighted by Gasteiger charge is -2.33. The van der Waals surface area contributed by atoms with E-state index in [9.17, 15) is 5.11 Å². The lowest BCUT2D eigenvalue weighted by atomic mass is 10.0. The largest absolute Gasteiger partial charge is 0.497 e. The highest BCUT2D eigenvalue weighted by Gasteiger charge is 2.22. The molecule has 33 heavy (non-hydrogen) atoms. The summed E-state index contributed by atoms with van der Waals surface area (Å²) in [6, 6.07) is 16.3. The molecule has 172 valence electrons. The summed E-state index contributed by atoms with van der Waals surface area (Å²) in [6.07, 6.45) is 3.32. The van der Waals surface area contributed by atoms with Crippen molar-refractivity contribution in [1.29, 1.82) is 0 Å². The molecule has 0 saturated carbocycles. The van der Waals surface area contributed by atoms with Crippen molar-refractivity contribution in [3.05, 3.63) is 71.0 Å². The van der Waals surface area contributed by atoms with E-state index in [2.05, 4.69) is 26.3 Å². The smallest absolute Gasteiger partial charge is 0.119 e. The van der Waals surface area contributed by atoms with Crippen molar-refractivity contribution in [2.75, 3.05) is 26.7 Å². The molecule has 5 rings (SSSR count). The van der Waals surface area contributed by atoms with Crippen molar-refractivity contribution in [2.45, 2.75) is 31.5 Å². The Morgan fingerprint density at radius 1 is 1.18 bits per heavy atom. The molecule has 3 heterocycles. The highest BCUT2D eigenvalue weighted by Crippen LogP contribution is 2.28. The van der Waals surface area contributed by atoms with Crippen molar-refractivity contribution < 1.29 is 9.84 Å². The van der Waals surface area contributed by atoms with E-state index >= 15 is 0 Å². The number of ether oxygens (including phenoxy) is 1. The summed E-state index contributed by atoms with van der Waals surface area (Å²) in [7, 11) is 1.65. The van der Waals surface area contributed by atoms with Crippen LogP contribution in [0.25, 0.3) is 21.8 Å². The fraction of sp³-hybridized carbons (Fsp3) is 0.346. The van der Waals surface area contributed by atoms with E-state index in [4.69, 9.17) is 16.3 Å². The van der Waals surface area contributed by atoms with Gasteiger partial charge in [-0.15, -0.1) is 0 Å². The third-order valence-corrected chi connectivity index (χ3v) is 6.82. The van der Waals surface area contributed by atoms with Crippen LogP contribution in [0.1, 0.15) is 30.2 Å². The van der Waals surface area contributed by atoms with Crippen molar-refractivity contribution >= 4 is 33.4 Å². The normalized spacial score (nSPS) is 16.5. The Kier molecular flexibility index (Phi) is 6.51. The van der Waals surface area contributed by atoms with Crippen LogP contribution in [0.2, 0.25) is 5.02 Å². The fourth-order valence-corrected chi connectivity index (χ4v) is 4.91. The van der Waals surface area contributed by atoms with Gasteiger partial charge in [0.05, 0.1) is 18.7 Å². The maximum absolute atomic E-state index is 11.0. The predicted octanol–water partition coefficient (Wildman–Crippen LogP) is 4.67. The minimum Gasteiger partial charge on any atom is -0.497 e. The molecule has 1 aliphatic rings. The zero-order chi connectivity index (χ0) is 22.8. The molecule has 0 amide bonds. The van der Waals surface area contributed by atoms with Gasteiger partial charge in [0, 0.05) is 46.9 Å². The van der Waals surface area contributed by atoms with Crippen LogP contribution in [0.4, 0.5) is 0 Å². The van der Waals surface area contributed by atoms with Crippen LogP contribution in [-0.4, -0.2) is 52.8 Å².